The number of aromatic nitrogens is 4. The number of anilines is 1. The summed E-state index contributed by atoms with van der Waals surface area (Å²) in [6.07, 6.45) is -2.12. The number of imidazole rings is 1. The molecule has 3 aromatic rings. The minimum Gasteiger partial charge on any atom is -0.403 e. The number of nitrogens with one attached hydrogen (secondary N) is 1. The van der Waals surface area contributed by atoms with Crippen LogP contribution in [0.15, 0.2) is 18.7 Å². The molecule has 6 N–H and O–H groups in total. The van der Waals surface area contributed by atoms with Gasteiger partial charge in [-0.1, -0.05) is 34.8 Å². The van der Waals surface area contributed by atoms with Crippen molar-refractivity contribution in [3.8, 4) is 5.75 Å². The maximum absolute atomic E-state index is 11.2. The van der Waals surface area contributed by atoms with Crippen molar-refractivity contribution in [1.29, 1.82) is 0 Å². The molecule has 0 saturated carbocycles. The highest BCUT2D eigenvalue weighted by Gasteiger charge is 2.44. The lowest BCUT2D eigenvalue weighted by Gasteiger charge is -2.17. The Labute approximate surface area is 206 Å². The number of phosphoric acid groups is 1. The van der Waals surface area contributed by atoms with Crippen LogP contribution in [0.25, 0.3) is 11.2 Å². The average molecular weight is 557 g/mol. The first-order valence-electron chi connectivity index (χ1n) is 9.47. The van der Waals surface area contributed by atoms with Gasteiger partial charge in [0, 0.05) is 18.2 Å². The summed E-state index contributed by atoms with van der Waals surface area (Å²) in [5.74, 6) is -0.136. The van der Waals surface area contributed by atoms with Crippen molar-refractivity contribution in [2.45, 2.75) is 31.1 Å². The fourth-order valence-electron chi connectivity index (χ4n) is 3.43. The molecular formula is C17H17Cl3N5O8P. The molecule has 0 unspecified atom stereocenters. The Morgan fingerprint density at radius 3 is 2.53 bits per heavy atom. The van der Waals surface area contributed by atoms with Crippen LogP contribution < -0.4 is 9.84 Å². The van der Waals surface area contributed by atoms with Crippen LogP contribution in [0.3, 0.4) is 0 Å². The number of phosphoric ester groups is 1. The molecule has 3 heterocycles. The number of fused-ring (bicyclic) bond motifs is 1. The third-order valence-electron chi connectivity index (χ3n) is 5.01. The summed E-state index contributed by atoms with van der Waals surface area (Å²) in [7, 11) is -4.91. The molecule has 1 aliphatic heterocycles. The van der Waals surface area contributed by atoms with E-state index in [9.17, 15) is 19.9 Å². The van der Waals surface area contributed by atoms with Gasteiger partial charge in [0.2, 0.25) is 0 Å². The monoisotopic (exact) mass is 555 g/mol. The molecule has 184 valence electrons. The summed E-state index contributed by atoms with van der Waals surface area (Å²) in [4.78, 5) is 30.7. The third-order valence-corrected chi connectivity index (χ3v) is 6.69. The van der Waals surface area contributed by atoms with Crippen molar-refractivity contribution in [1.82, 2.24) is 19.5 Å². The van der Waals surface area contributed by atoms with Crippen LogP contribution in [-0.2, 0) is 15.8 Å². The van der Waals surface area contributed by atoms with E-state index in [1.54, 1.807) is 0 Å². The van der Waals surface area contributed by atoms with Gasteiger partial charge in [0.05, 0.1) is 28.0 Å². The first kappa shape index (κ1) is 25.3. The van der Waals surface area contributed by atoms with Crippen molar-refractivity contribution in [2.75, 3.05) is 11.9 Å². The van der Waals surface area contributed by atoms with Gasteiger partial charge in [-0.3, -0.25) is 14.4 Å². The molecule has 4 atom stereocenters. The lowest BCUT2D eigenvalue weighted by molar-refractivity contribution is -0.0511. The van der Waals surface area contributed by atoms with Crippen molar-refractivity contribution >= 4 is 59.6 Å². The lowest BCUT2D eigenvalue weighted by atomic mass is 10.1. The Hall–Kier alpha value is -1.77. The van der Waals surface area contributed by atoms with E-state index in [2.05, 4.69) is 24.8 Å². The zero-order chi connectivity index (χ0) is 24.8. The second kappa shape index (κ2) is 9.70. The van der Waals surface area contributed by atoms with Gasteiger partial charge < -0.3 is 29.9 Å². The highest BCUT2D eigenvalue weighted by Crippen LogP contribution is 2.46. The maximum Gasteiger partial charge on any atom is 0.524 e. The number of aliphatic hydroxyl groups is 3. The van der Waals surface area contributed by atoms with E-state index in [1.807, 2.05) is 0 Å². The second-order valence-electron chi connectivity index (χ2n) is 7.17. The maximum atomic E-state index is 11.2. The van der Waals surface area contributed by atoms with E-state index >= 15 is 0 Å². The molecule has 1 fully saturated rings. The van der Waals surface area contributed by atoms with E-state index < -0.39 is 39.0 Å². The Bertz CT molecular complexity index is 1270. The van der Waals surface area contributed by atoms with Gasteiger partial charge in [-0.15, -0.1) is 0 Å². The van der Waals surface area contributed by atoms with Gasteiger partial charge in [-0.25, -0.2) is 19.5 Å². The van der Waals surface area contributed by atoms with Gasteiger partial charge in [-0.2, -0.15) is 0 Å². The van der Waals surface area contributed by atoms with Crippen LogP contribution in [0.2, 0.25) is 15.1 Å². The smallest absolute Gasteiger partial charge is 0.403 e. The molecule has 13 nitrogen and oxygen atoms in total. The summed E-state index contributed by atoms with van der Waals surface area (Å²) in [5.41, 5.74) is 0.691. The van der Waals surface area contributed by atoms with E-state index in [-0.39, 0.29) is 49.9 Å². The molecule has 0 bridgehead atoms. The zero-order valence-corrected chi connectivity index (χ0v) is 19.9. The molecule has 0 spiro atoms. The first-order valence-corrected chi connectivity index (χ1v) is 12.1. The summed E-state index contributed by atoms with van der Waals surface area (Å²) >= 11 is 18.5. The van der Waals surface area contributed by atoms with Gasteiger partial charge in [-0.05, 0) is 0 Å². The molecule has 0 radical (unpaired) electrons. The Morgan fingerprint density at radius 1 is 1.15 bits per heavy atom. The van der Waals surface area contributed by atoms with Crippen molar-refractivity contribution < 1.29 is 38.9 Å². The van der Waals surface area contributed by atoms with E-state index in [0.29, 0.717) is 0 Å². The SMILES string of the molecule is O=P(O)(O)Oc1cc(Cl)c(Cl)c(CNc2ncnc3c2ncn3[C@@H]2O[C@H](CO)[C@@H](O)[C@H]2O)c1Cl. The van der Waals surface area contributed by atoms with Crippen LogP contribution in [0.4, 0.5) is 5.82 Å². The highest BCUT2D eigenvalue weighted by atomic mass is 35.5. The van der Waals surface area contributed by atoms with E-state index in [1.165, 1.54) is 17.2 Å². The molecule has 0 amide bonds. The standard InChI is InChI=1S/C17H17Cl3N5O8P/c18-7-1-8(33-34(29,30)31)11(20)6(10(7)19)2-21-15-12-16(23-4-22-15)25(5-24-12)17-14(28)13(27)9(3-26)32-17/h1,4-5,9,13-14,17,26-28H,2-3H2,(H,21,22,23)(H2,29,30,31)/t9-,13-,14-,17-/m1/s1. The Morgan fingerprint density at radius 2 is 1.88 bits per heavy atom. The molecule has 1 aromatic carbocycles. The highest BCUT2D eigenvalue weighted by molar-refractivity contribution is 7.46. The molecule has 4 rings (SSSR count). The third kappa shape index (κ3) is 4.82. The zero-order valence-electron chi connectivity index (χ0n) is 16.8. The van der Waals surface area contributed by atoms with Crippen molar-refractivity contribution in [3.63, 3.8) is 0 Å². The van der Waals surface area contributed by atoms with Crippen LogP contribution in [0.1, 0.15) is 11.8 Å². The molecule has 1 saturated heterocycles. The van der Waals surface area contributed by atoms with Gasteiger partial charge in [0.15, 0.2) is 29.0 Å². The van der Waals surface area contributed by atoms with Crippen molar-refractivity contribution in [2.24, 2.45) is 0 Å². The summed E-state index contributed by atoms with van der Waals surface area (Å²) in [5, 5.41) is 32.4. The molecule has 2 aromatic heterocycles. The van der Waals surface area contributed by atoms with Gasteiger partial charge in [0.25, 0.3) is 0 Å². The van der Waals surface area contributed by atoms with Gasteiger partial charge >= 0.3 is 7.82 Å². The predicted octanol–water partition coefficient (Wildman–Crippen LogP) is 1.48. The predicted molar refractivity (Wildman–Crippen MR) is 120 cm³/mol. The number of hydrogen-bond acceptors (Lipinski definition) is 10. The summed E-state index contributed by atoms with van der Waals surface area (Å²) < 4.78 is 22.7. The number of benzene rings is 1. The lowest BCUT2D eigenvalue weighted by Crippen LogP contribution is -2.33. The Balaban J connectivity index is 1.63. The molecule has 17 heteroatoms. The first-order chi connectivity index (χ1) is 16.0. The van der Waals surface area contributed by atoms with Crippen molar-refractivity contribution in [3.05, 3.63) is 39.4 Å². The van der Waals surface area contributed by atoms with Crippen LogP contribution in [0, 0.1) is 0 Å². The molecule has 1 aliphatic rings. The molecular weight excluding hydrogens is 540 g/mol. The van der Waals surface area contributed by atoms with Crippen LogP contribution >= 0.6 is 42.6 Å². The van der Waals surface area contributed by atoms with Gasteiger partial charge in [0.1, 0.15) is 24.6 Å². The van der Waals surface area contributed by atoms with Crippen LogP contribution in [-0.4, -0.2) is 69.5 Å². The molecule has 34 heavy (non-hydrogen) atoms. The van der Waals surface area contributed by atoms with E-state index in [0.717, 1.165) is 6.07 Å². The Kier molecular flexibility index (Phi) is 7.23. The number of hydrogen-bond donors (Lipinski definition) is 6. The number of rotatable bonds is 7. The molecule has 0 aliphatic carbocycles. The summed E-state index contributed by atoms with van der Waals surface area (Å²) in [6.45, 7) is -0.583. The number of aliphatic hydroxyl groups excluding tert-OH is 3. The minimum atomic E-state index is -4.91. The number of ether oxygens (including phenoxy) is 1. The van der Waals surface area contributed by atoms with Crippen LogP contribution in [0.5, 0.6) is 5.75 Å². The number of nitrogens with zero attached hydrogens (tertiary/aromatic N) is 4. The fraction of sp³-hybridized carbons (Fsp3) is 0.353. The second-order valence-corrected chi connectivity index (χ2v) is 9.50. The average Bonchev–Trinajstić information content (AvgIpc) is 3.32. The largest absolute Gasteiger partial charge is 0.524 e. The number of halogens is 3. The van der Waals surface area contributed by atoms with E-state index in [4.69, 9.17) is 49.3 Å². The topological polar surface area (TPSA) is 192 Å². The normalized spacial score (nSPS) is 22.9. The fourth-order valence-corrected chi connectivity index (χ4v) is 4.62. The quantitative estimate of drug-likeness (QED) is 0.182. The minimum absolute atomic E-state index is 0.0274. The summed E-state index contributed by atoms with van der Waals surface area (Å²) in [6, 6.07) is 1.08.